The maximum Gasteiger partial charge on any atom is 0.164 e. The molecular formula is C10H12N4O. The minimum Gasteiger partial charge on any atom is -0.486 e. The van der Waals surface area contributed by atoms with Crippen molar-refractivity contribution in [3.63, 3.8) is 0 Å². The molecule has 0 unspecified atom stereocenters. The van der Waals surface area contributed by atoms with Crippen molar-refractivity contribution in [2.75, 3.05) is 5.73 Å². The molecule has 0 aliphatic rings. The predicted octanol–water partition coefficient (Wildman–Crippen LogP) is 0.976. The molecule has 0 radical (unpaired) electrons. The summed E-state index contributed by atoms with van der Waals surface area (Å²) in [6, 6.07) is 7.29. The number of nitrogens with zero attached hydrogens (tertiary/aromatic N) is 3. The number of nitrogen functional groups attached to an aromatic ring is 1. The Morgan fingerprint density at radius 2 is 2.33 bits per heavy atom. The van der Waals surface area contributed by atoms with Crippen LogP contribution in [0.1, 0.15) is 5.82 Å². The summed E-state index contributed by atoms with van der Waals surface area (Å²) < 4.78 is 7.18. The van der Waals surface area contributed by atoms with Gasteiger partial charge in [-0.3, -0.25) is 4.68 Å². The average molecular weight is 204 g/mol. The molecule has 5 nitrogen and oxygen atoms in total. The quantitative estimate of drug-likeness (QED) is 0.757. The lowest BCUT2D eigenvalue weighted by Crippen LogP contribution is -2.04. The first-order chi connectivity index (χ1) is 7.25. The molecule has 0 aliphatic heterocycles. The third-order valence-corrected chi connectivity index (χ3v) is 2.03. The molecule has 2 aromatic rings. The molecule has 0 fully saturated rings. The van der Waals surface area contributed by atoms with Gasteiger partial charge < -0.3 is 10.5 Å². The molecule has 0 saturated heterocycles. The Balaban J connectivity index is 2.02. The molecule has 2 N–H and O–H groups in total. The van der Waals surface area contributed by atoms with Crippen LogP contribution in [-0.2, 0) is 13.7 Å². The van der Waals surface area contributed by atoms with Crippen LogP contribution in [0.4, 0.5) is 5.69 Å². The molecule has 0 aliphatic carbocycles. The van der Waals surface area contributed by atoms with E-state index in [4.69, 9.17) is 10.5 Å². The number of anilines is 1. The summed E-state index contributed by atoms with van der Waals surface area (Å²) in [7, 11) is 1.82. The van der Waals surface area contributed by atoms with Gasteiger partial charge in [-0.05, 0) is 12.1 Å². The van der Waals surface area contributed by atoms with E-state index in [1.807, 2.05) is 25.2 Å². The van der Waals surface area contributed by atoms with E-state index in [2.05, 4.69) is 10.1 Å². The minimum atomic E-state index is 0.389. The summed E-state index contributed by atoms with van der Waals surface area (Å²) in [4.78, 5) is 4.05. The zero-order valence-corrected chi connectivity index (χ0v) is 8.42. The number of benzene rings is 1. The van der Waals surface area contributed by atoms with Gasteiger partial charge in [0, 0.05) is 18.8 Å². The summed E-state index contributed by atoms with van der Waals surface area (Å²) in [6.45, 7) is 0.389. The SMILES string of the molecule is Cn1ncnc1COc1cccc(N)c1. The average Bonchev–Trinajstić information content (AvgIpc) is 2.61. The van der Waals surface area contributed by atoms with E-state index in [9.17, 15) is 0 Å². The lowest BCUT2D eigenvalue weighted by Gasteiger charge is -2.05. The third kappa shape index (κ3) is 2.25. The first kappa shape index (κ1) is 9.51. The van der Waals surface area contributed by atoms with Crippen molar-refractivity contribution in [3.8, 4) is 5.75 Å². The molecule has 0 amide bonds. The highest BCUT2D eigenvalue weighted by Crippen LogP contribution is 2.15. The van der Waals surface area contributed by atoms with Gasteiger partial charge in [0.25, 0.3) is 0 Å². The predicted molar refractivity (Wildman–Crippen MR) is 56.2 cm³/mol. The van der Waals surface area contributed by atoms with Gasteiger partial charge in [0.05, 0.1) is 0 Å². The monoisotopic (exact) mass is 204 g/mol. The van der Waals surface area contributed by atoms with E-state index in [-0.39, 0.29) is 0 Å². The van der Waals surface area contributed by atoms with Crippen LogP contribution in [-0.4, -0.2) is 14.8 Å². The molecule has 15 heavy (non-hydrogen) atoms. The third-order valence-electron chi connectivity index (χ3n) is 2.03. The molecule has 2 rings (SSSR count). The molecule has 5 heteroatoms. The van der Waals surface area contributed by atoms with Gasteiger partial charge in [0.2, 0.25) is 0 Å². The van der Waals surface area contributed by atoms with Crippen molar-refractivity contribution in [1.29, 1.82) is 0 Å². The van der Waals surface area contributed by atoms with Gasteiger partial charge in [0.1, 0.15) is 18.7 Å². The van der Waals surface area contributed by atoms with E-state index in [0.717, 1.165) is 11.6 Å². The molecule has 1 heterocycles. The Kier molecular flexibility index (Phi) is 2.53. The highest BCUT2D eigenvalue weighted by molar-refractivity contribution is 5.43. The van der Waals surface area contributed by atoms with E-state index in [0.29, 0.717) is 12.3 Å². The molecule has 0 spiro atoms. The number of hydrogen-bond donors (Lipinski definition) is 1. The van der Waals surface area contributed by atoms with Crippen LogP contribution in [0.5, 0.6) is 5.75 Å². The lowest BCUT2D eigenvalue weighted by molar-refractivity contribution is 0.290. The normalized spacial score (nSPS) is 10.2. The van der Waals surface area contributed by atoms with Crippen LogP contribution in [0.15, 0.2) is 30.6 Å². The molecule has 0 bridgehead atoms. The van der Waals surface area contributed by atoms with Crippen LogP contribution >= 0.6 is 0 Å². The van der Waals surface area contributed by atoms with Gasteiger partial charge in [-0.1, -0.05) is 6.07 Å². The van der Waals surface area contributed by atoms with Crippen molar-refractivity contribution >= 4 is 5.69 Å². The fourth-order valence-electron chi connectivity index (χ4n) is 1.20. The lowest BCUT2D eigenvalue weighted by atomic mass is 10.3. The number of rotatable bonds is 3. The van der Waals surface area contributed by atoms with E-state index < -0.39 is 0 Å². The summed E-state index contributed by atoms with van der Waals surface area (Å²) in [5.41, 5.74) is 6.31. The second kappa shape index (κ2) is 4.00. The molecule has 0 atom stereocenters. The Hall–Kier alpha value is -2.04. The van der Waals surface area contributed by atoms with Crippen molar-refractivity contribution in [1.82, 2.24) is 14.8 Å². The highest BCUT2D eigenvalue weighted by Gasteiger charge is 2.01. The van der Waals surface area contributed by atoms with Crippen molar-refractivity contribution in [3.05, 3.63) is 36.4 Å². The van der Waals surface area contributed by atoms with Crippen molar-refractivity contribution in [2.24, 2.45) is 7.05 Å². The number of hydrogen-bond acceptors (Lipinski definition) is 4. The van der Waals surface area contributed by atoms with E-state index in [1.54, 1.807) is 10.7 Å². The Bertz CT molecular complexity index is 452. The Morgan fingerprint density at radius 3 is 3.00 bits per heavy atom. The smallest absolute Gasteiger partial charge is 0.164 e. The van der Waals surface area contributed by atoms with Gasteiger partial charge in [-0.25, -0.2) is 4.98 Å². The largest absolute Gasteiger partial charge is 0.486 e. The number of nitrogens with two attached hydrogens (primary N) is 1. The van der Waals surface area contributed by atoms with Crippen LogP contribution < -0.4 is 10.5 Å². The maximum atomic E-state index is 5.62. The maximum absolute atomic E-state index is 5.62. The van der Waals surface area contributed by atoms with E-state index >= 15 is 0 Å². The molecule has 1 aromatic carbocycles. The summed E-state index contributed by atoms with van der Waals surface area (Å²) in [5.74, 6) is 1.51. The van der Waals surface area contributed by atoms with Crippen LogP contribution in [0.25, 0.3) is 0 Å². The zero-order chi connectivity index (χ0) is 10.7. The second-order valence-electron chi connectivity index (χ2n) is 3.16. The molecule has 0 saturated carbocycles. The van der Waals surface area contributed by atoms with Gasteiger partial charge in [-0.15, -0.1) is 0 Å². The van der Waals surface area contributed by atoms with Gasteiger partial charge in [-0.2, -0.15) is 5.10 Å². The standard InChI is InChI=1S/C10H12N4O/c1-14-10(12-7-13-14)6-15-9-4-2-3-8(11)5-9/h2-5,7H,6,11H2,1H3. The second-order valence-corrected chi connectivity index (χ2v) is 3.16. The number of ether oxygens (including phenoxy) is 1. The van der Waals surface area contributed by atoms with Crippen molar-refractivity contribution in [2.45, 2.75) is 6.61 Å². The Labute approximate surface area is 87.5 Å². The molecule has 78 valence electrons. The topological polar surface area (TPSA) is 66.0 Å². The fraction of sp³-hybridized carbons (Fsp3) is 0.200. The first-order valence-electron chi connectivity index (χ1n) is 4.57. The molecular weight excluding hydrogens is 192 g/mol. The first-order valence-corrected chi connectivity index (χ1v) is 4.57. The van der Waals surface area contributed by atoms with Gasteiger partial charge >= 0.3 is 0 Å². The van der Waals surface area contributed by atoms with Crippen LogP contribution in [0.3, 0.4) is 0 Å². The summed E-state index contributed by atoms with van der Waals surface area (Å²) in [5, 5.41) is 3.95. The fourth-order valence-corrected chi connectivity index (χ4v) is 1.20. The number of aryl methyl sites for hydroxylation is 1. The van der Waals surface area contributed by atoms with Gasteiger partial charge in [0.15, 0.2) is 5.82 Å². The van der Waals surface area contributed by atoms with Crippen LogP contribution in [0.2, 0.25) is 0 Å². The minimum absolute atomic E-state index is 0.389. The highest BCUT2D eigenvalue weighted by atomic mass is 16.5. The summed E-state index contributed by atoms with van der Waals surface area (Å²) in [6.07, 6.45) is 1.50. The van der Waals surface area contributed by atoms with E-state index in [1.165, 1.54) is 6.33 Å². The van der Waals surface area contributed by atoms with Crippen molar-refractivity contribution < 1.29 is 4.74 Å². The molecule has 1 aromatic heterocycles. The Morgan fingerprint density at radius 1 is 1.47 bits per heavy atom. The van der Waals surface area contributed by atoms with Crippen LogP contribution in [0, 0.1) is 0 Å². The summed E-state index contributed by atoms with van der Waals surface area (Å²) >= 11 is 0. The number of aromatic nitrogens is 3. The zero-order valence-electron chi connectivity index (χ0n) is 8.42.